The van der Waals surface area contributed by atoms with Crippen molar-refractivity contribution in [2.24, 2.45) is 5.92 Å². The summed E-state index contributed by atoms with van der Waals surface area (Å²) in [6, 6.07) is 10.5. The van der Waals surface area contributed by atoms with Crippen LogP contribution in [0.25, 0.3) is 0 Å². The van der Waals surface area contributed by atoms with E-state index in [-0.39, 0.29) is 22.8 Å². The van der Waals surface area contributed by atoms with E-state index in [1.807, 2.05) is 31.2 Å². The van der Waals surface area contributed by atoms with Crippen LogP contribution in [0.2, 0.25) is 0 Å². The molecule has 1 fully saturated rings. The lowest BCUT2D eigenvalue weighted by molar-refractivity contribution is -0.126. The zero-order chi connectivity index (χ0) is 20.1. The predicted octanol–water partition coefficient (Wildman–Crippen LogP) is 2.37. The second-order valence-electron chi connectivity index (χ2n) is 6.84. The number of amides is 1. The van der Waals surface area contributed by atoms with Crippen molar-refractivity contribution in [2.45, 2.75) is 30.7 Å². The van der Waals surface area contributed by atoms with Crippen molar-refractivity contribution in [1.29, 1.82) is 0 Å². The van der Waals surface area contributed by atoms with Crippen molar-refractivity contribution in [3.63, 3.8) is 0 Å². The highest BCUT2D eigenvalue weighted by atomic mass is 32.2. The van der Waals surface area contributed by atoms with Gasteiger partial charge in [-0.3, -0.25) is 9.78 Å². The third-order valence-corrected chi connectivity index (χ3v) is 6.94. The highest BCUT2D eigenvalue weighted by molar-refractivity contribution is 7.89. The van der Waals surface area contributed by atoms with E-state index in [2.05, 4.69) is 10.3 Å². The van der Waals surface area contributed by atoms with Gasteiger partial charge in [-0.15, -0.1) is 0 Å². The fraction of sp³-hybridized carbons (Fsp3) is 0.400. The van der Waals surface area contributed by atoms with Crippen LogP contribution >= 0.6 is 0 Å². The second-order valence-corrected chi connectivity index (χ2v) is 8.78. The summed E-state index contributed by atoms with van der Waals surface area (Å²) >= 11 is 0. The van der Waals surface area contributed by atoms with Gasteiger partial charge >= 0.3 is 0 Å². The van der Waals surface area contributed by atoms with Crippen LogP contribution in [-0.4, -0.2) is 43.8 Å². The standard InChI is InChI=1S/C20H25N3O4S/c1-15(18-7-3-4-8-19(18)27-2)22-20(24)16-9-12-23(13-10-16)28(25,26)17-6-5-11-21-14-17/h3-8,11,14-16H,9-10,12-13H2,1-2H3,(H,22,24)/t15-/m0/s1. The van der Waals surface area contributed by atoms with Gasteiger partial charge in [0.2, 0.25) is 15.9 Å². The van der Waals surface area contributed by atoms with Crippen LogP contribution in [0, 0.1) is 5.92 Å². The Morgan fingerprint density at radius 1 is 1.21 bits per heavy atom. The number of benzene rings is 1. The highest BCUT2D eigenvalue weighted by Gasteiger charge is 2.32. The SMILES string of the molecule is COc1ccccc1[C@H](C)NC(=O)C1CCN(S(=O)(=O)c2cccnc2)CC1. The van der Waals surface area contributed by atoms with Crippen LogP contribution in [0.3, 0.4) is 0 Å². The molecule has 3 rings (SSSR count). The maximum Gasteiger partial charge on any atom is 0.244 e. The molecule has 28 heavy (non-hydrogen) atoms. The molecule has 150 valence electrons. The molecule has 1 aliphatic rings. The Morgan fingerprint density at radius 3 is 2.57 bits per heavy atom. The number of aromatic nitrogens is 1. The topological polar surface area (TPSA) is 88.6 Å². The first-order valence-electron chi connectivity index (χ1n) is 9.27. The minimum absolute atomic E-state index is 0.0585. The van der Waals surface area contributed by atoms with Gasteiger partial charge < -0.3 is 10.1 Å². The van der Waals surface area contributed by atoms with Crippen LogP contribution in [-0.2, 0) is 14.8 Å². The van der Waals surface area contributed by atoms with Crippen molar-refractivity contribution in [1.82, 2.24) is 14.6 Å². The van der Waals surface area contributed by atoms with Gasteiger partial charge in [0.15, 0.2) is 0 Å². The minimum atomic E-state index is -3.56. The first kappa shape index (κ1) is 20.3. The number of para-hydroxylation sites is 1. The van der Waals surface area contributed by atoms with Gasteiger partial charge in [0.1, 0.15) is 10.6 Å². The summed E-state index contributed by atoms with van der Waals surface area (Å²) in [4.78, 5) is 16.7. The number of sulfonamides is 1. The lowest BCUT2D eigenvalue weighted by atomic mass is 9.96. The normalized spacial score (nSPS) is 17.1. The molecule has 1 amide bonds. The minimum Gasteiger partial charge on any atom is -0.496 e. The summed E-state index contributed by atoms with van der Waals surface area (Å²) < 4.78 is 32.1. The Kier molecular flexibility index (Phi) is 6.31. The summed E-state index contributed by atoms with van der Waals surface area (Å²) in [6.45, 7) is 2.55. The number of nitrogens with zero attached hydrogens (tertiary/aromatic N) is 2. The fourth-order valence-electron chi connectivity index (χ4n) is 3.44. The van der Waals surface area contributed by atoms with E-state index in [0.717, 1.165) is 11.3 Å². The Hall–Kier alpha value is -2.45. The lowest BCUT2D eigenvalue weighted by Gasteiger charge is -2.31. The van der Waals surface area contributed by atoms with Gasteiger partial charge in [0.25, 0.3) is 0 Å². The molecular formula is C20H25N3O4S. The predicted molar refractivity (Wildman–Crippen MR) is 105 cm³/mol. The van der Waals surface area contributed by atoms with Gasteiger partial charge in [0, 0.05) is 37.0 Å². The first-order chi connectivity index (χ1) is 13.4. The number of pyridine rings is 1. The number of carbonyl (C=O) groups is 1. The third kappa shape index (κ3) is 4.34. The van der Waals surface area contributed by atoms with Gasteiger partial charge in [0.05, 0.1) is 13.2 Å². The van der Waals surface area contributed by atoms with Gasteiger partial charge in [-0.05, 0) is 38.0 Å². The first-order valence-corrected chi connectivity index (χ1v) is 10.7. The molecule has 1 atom stereocenters. The summed E-state index contributed by atoms with van der Waals surface area (Å²) in [5, 5.41) is 3.03. The van der Waals surface area contributed by atoms with Crippen LogP contribution < -0.4 is 10.1 Å². The van der Waals surface area contributed by atoms with E-state index >= 15 is 0 Å². The Labute approximate surface area is 165 Å². The molecule has 0 saturated carbocycles. The molecule has 8 heteroatoms. The number of piperidine rings is 1. The molecule has 0 bridgehead atoms. The maximum absolute atomic E-state index is 12.7. The Morgan fingerprint density at radius 2 is 1.93 bits per heavy atom. The number of hydrogen-bond acceptors (Lipinski definition) is 5. The molecule has 2 heterocycles. The quantitative estimate of drug-likeness (QED) is 0.800. The largest absolute Gasteiger partial charge is 0.496 e. The number of nitrogens with one attached hydrogen (secondary N) is 1. The average Bonchev–Trinajstić information content (AvgIpc) is 2.74. The molecule has 1 aliphatic heterocycles. The molecule has 1 saturated heterocycles. The third-order valence-electron chi connectivity index (χ3n) is 5.06. The second kappa shape index (κ2) is 8.70. The van der Waals surface area contributed by atoms with Crippen LogP contribution in [0.1, 0.15) is 31.4 Å². The summed E-state index contributed by atoms with van der Waals surface area (Å²) in [7, 11) is -1.96. The van der Waals surface area contributed by atoms with E-state index in [9.17, 15) is 13.2 Å². The number of rotatable bonds is 6. The van der Waals surface area contributed by atoms with Crippen molar-refractivity contribution in [2.75, 3.05) is 20.2 Å². The van der Waals surface area contributed by atoms with Crippen LogP contribution in [0.5, 0.6) is 5.75 Å². The van der Waals surface area contributed by atoms with E-state index in [1.54, 1.807) is 19.4 Å². The molecule has 0 aliphatic carbocycles. The molecule has 0 radical (unpaired) electrons. The smallest absolute Gasteiger partial charge is 0.244 e. The van der Waals surface area contributed by atoms with Crippen LogP contribution in [0.4, 0.5) is 0 Å². The number of ether oxygens (including phenoxy) is 1. The molecule has 0 spiro atoms. The van der Waals surface area contributed by atoms with Crippen molar-refractivity contribution >= 4 is 15.9 Å². The van der Waals surface area contributed by atoms with Gasteiger partial charge in [-0.2, -0.15) is 4.31 Å². The van der Waals surface area contributed by atoms with Crippen molar-refractivity contribution in [3.05, 3.63) is 54.4 Å². The highest BCUT2D eigenvalue weighted by Crippen LogP contribution is 2.27. The summed E-state index contributed by atoms with van der Waals surface area (Å²) in [6.07, 6.45) is 3.87. The van der Waals surface area contributed by atoms with E-state index < -0.39 is 10.0 Å². The van der Waals surface area contributed by atoms with Gasteiger partial charge in [-0.1, -0.05) is 18.2 Å². The Balaban J connectivity index is 1.59. The summed E-state index contributed by atoms with van der Waals surface area (Å²) in [5.41, 5.74) is 0.912. The van der Waals surface area contributed by atoms with E-state index in [1.165, 1.54) is 16.6 Å². The monoisotopic (exact) mass is 403 g/mol. The molecule has 7 nitrogen and oxygen atoms in total. The van der Waals surface area contributed by atoms with Gasteiger partial charge in [-0.25, -0.2) is 8.42 Å². The van der Waals surface area contributed by atoms with E-state index in [0.29, 0.717) is 25.9 Å². The molecule has 2 aromatic rings. The molecule has 0 unspecified atom stereocenters. The van der Waals surface area contributed by atoms with E-state index in [4.69, 9.17) is 4.74 Å². The number of carbonyl (C=O) groups excluding carboxylic acids is 1. The lowest BCUT2D eigenvalue weighted by Crippen LogP contribution is -2.43. The zero-order valence-corrected chi connectivity index (χ0v) is 16.9. The molecule has 1 aromatic carbocycles. The summed E-state index contributed by atoms with van der Waals surface area (Å²) in [5.74, 6) is 0.460. The van der Waals surface area contributed by atoms with Crippen LogP contribution in [0.15, 0.2) is 53.7 Å². The van der Waals surface area contributed by atoms with Crippen molar-refractivity contribution in [3.8, 4) is 5.75 Å². The number of hydrogen-bond donors (Lipinski definition) is 1. The van der Waals surface area contributed by atoms with Crippen molar-refractivity contribution < 1.29 is 17.9 Å². The average molecular weight is 404 g/mol. The molecule has 1 aromatic heterocycles. The fourth-order valence-corrected chi connectivity index (χ4v) is 4.87. The number of methoxy groups -OCH3 is 1. The maximum atomic E-state index is 12.7. The zero-order valence-electron chi connectivity index (χ0n) is 16.0. The molecule has 1 N–H and O–H groups in total. The molecular weight excluding hydrogens is 378 g/mol. The Bertz CT molecular complexity index is 910.